The SMILES string of the molecule is CC[C@H](C(=O)n1nc2c(c1-c1ccccc1)[C@H](C)CC[C@H]2C(C)C)[C@@H](NS(=O)(=O)c1ccc(C)cc1)c1ccccc1. The van der Waals surface area contributed by atoms with Crippen LogP contribution in [0, 0.1) is 18.8 Å². The lowest BCUT2D eigenvalue weighted by molar-refractivity contribution is 0.0788. The summed E-state index contributed by atoms with van der Waals surface area (Å²) in [5.41, 5.74) is 5.63. The van der Waals surface area contributed by atoms with Crippen molar-refractivity contribution in [1.29, 1.82) is 0 Å². The topological polar surface area (TPSA) is 81.1 Å². The van der Waals surface area contributed by atoms with Crippen LogP contribution in [0.5, 0.6) is 0 Å². The number of sulfonamides is 1. The molecule has 6 nitrogen and oxygen atoms in total. The number of aromatic nitrogens is 2. The summed E-state index contributed by atoms with van der Waals surface area (Å²) < 4.78 is 31.9. The van der Waals surface area contributed by atoms with Crippen molar-refractivity contribution in [1.82, 2.24) is 14.5 Å². The second kappa shape index (κ2) is 12.4. The zero-order chi connectivity index (χ0) is 30.0. The van der Waals surface area contributed by atoms with Crippen LogP contribution >= 0.6 is 0 Å². The van der Waals surface area contributed by atoms with Gasteiger partial charge in [-0.05, 0) is 55.7 Å². The zero-order valence-corrected chi connectivity index (χ0v) is 25.9. The molecule has 0 saturated carbocycles. The summed E-state index contributed by atoms with van der Waals surface area (Å²) in [6.45, 7) is 10.5. The Labute approximate surface area is 250 Å². The molecule has 0 fully saturated rings. The van der Waals surface area contributed by atoms with E-state index in [9.17, 15) is 13.2 Å². The molecule has 0 bridgehead atoms. The predicted octanol–water partition coefficient (Wildman–Crippen LogP) is 7.88. The van der Waals surface area contributed by atoms with E-state index in [1.165, 1.54) is 0 Å². The zero-order valence-electron chi connectivity index (χ0n) is 25.1. The number of fused-ring (bicyclic) bond motifs is 1. The highest BCUT2D eigenvalue weighted by Crippen LogP contribution is 2.46. The second-order valence-electron chi connectivity index (χ2n) is 11.9. The summed E-state index contributed by atoms with van der Waals surface area (Å²) in [5, 5.41) is 5.08. The molecule has 1 aliphatic carbocycles. The molecule has 1 heterocycles. The van der Waals surface area contributed by atoms with Crippen LogP contribution in [0.4, 0.5) is 0 Å². The van der Waals surface area contributed by atoms with Crippen LogP contribution in [0.15, 0.2) is 89.8 Å². The van der Waals surface area contributed by atoms with Crippen molar-refractivity contribution >= 4 is 15.9 Å². The Morgan fingerprint density at radius 1 is 0.952 bits per heavy atom. The molecule has 0 amide bonds. The molecule has 5 rings (SSSR count). The first-order chi connectivity index (χ1) is 20.1. The van der Waals surface area contributed by atoms with E-state index in [4.69, 9.17) is 5.10 Å². The minimum absolute atomic E-state index is 0.171. The van der Waals surface area contributed by atoms with E-state index in [1.54, 1.807) is 28.9 Å². The highest BCUT2D eigenvalue weighted by molar-refractivity contribution is 7.89. The van der Waals surface area contributed by atoms with Crippen molar-refractivity contribution in [3.8, 4) is 11.3 Å². The van der Waals surface area contributed by atoms with Crippen LogP contribution in [-0.4, -0.2) is 24.1 Å². The summed E-state index contributed by atoms with van der Waals surface area (Å²) >= 11 is 0. The molecule has 1 aromatic heterocycles. The number of hydrogen-bond donors (Lipinski definition) is 1. The molecule has 0 unspecified atom stereocenters. The molecule has 7 heteroatoms. The van der Waals surface area contributed by atoms with Gasteiger partial charge in [-0.2, -0.15) is 9.78 Å². The van der Waals surface area contributed by atoms with Crippen LogP contribution in [0.25, 0.3) is 11.3 Å². The molecular weight excluding hydrogens is 542 g/mol. The smallest absolute Gasteiger partial charge is 0.252 e. The number of benzene rings is 3. The number of nitrogens with one attached hydrogen (secondary N) is 1. The fraction of sp³-hybridized carbons (Fsp3) is 0.371. The predicted molar refractivity (Wildman–Crippen MR) is 168 cm³/mol. The fourth-order valence-corrected chi connectivity index (χ4v) is 7.57. The van der Waals surface area contributed by atoms with E-state index in [2.05, 4.69) is 25.5 Å². The van der Waals surface area contributed by atoms with E-state index < -0.39 is 22.0 Å². The summed E-state index contributed by atoms with van der Waals surface area (Å²) in [5.74, 6) is 0.0124. The van der Waals surface area contributed by atoms with Gasteiger partial charge in [0, 0.05) is 17.0 Å². The van der Waals surface area contributed by atoms with Crippen molar-refractivity contribution in [2.45, 2.75) is 76.7 Å². The standard InChI is InChI=1S/C35H41N3O3S/c1-6-29(32(26-13-9-7-10-14-26)37-42(40,41)28-20-17-24(4)18-21-28)35(39)38-34(27-15-11-8-12-16-27)31-25(5)19-22-30(23(2)3)33(31)36-38/h7-18,20-21,23,25,29-30,32,37H,6,19,22H2,1-5H3/t25-,29+,30+,32+/m1/s1. The number of nitrogens with zero attached hydrogens (tertiary/aromatic N) is 2. The number of carbonyl (C=O) groups is 1. The highest BCUT2D eigenvalue weighted by Gasteiger charge is 2.39. The van der Waals surface area contributed by atoms with E-state index >= 15 is 0 Å². The van der Waals surface area contributed by atoms with Gasteiger partial charge in [0.1, 0.15) is 0 Å². The molecule has 1 aliphatic rings. The van der Waals surface area contributed by atoms with Crippen LogP contribution < -0.4 is 4.72 Å². The van der Waals surface area contributed by atoms with Crippen LogP contribution in [0.1, 0.15) is 92.0 Å². The third-order valence-corrected chi connectivity index (χ3v) is 10.2. The Morgan fingerprint density at radius 2 is 1.57 bits per heavy atom. The quantitative estimate of drug-likeness (QED) is 0.217. The summed E-state index contributed by atoms with van der Waals surface area (Å²) in [7, 11) is -3.92. The van der Waals surface area contributed by atoms with Crippen LogP contribution in [0.3, 0.4) is 0 Å². The average Bonchev–Trinajstić information content (AvgIpc) is 3.39. The average molecular weight is 584 g/mol. The second-order valence-corrected chi connectivity index (χ2v) is 13.6. The Bertz CT molecular complexity index is 1630. The van der Waals surface area contributed by atoms with Gasteiger partial charge in [0.05, 0.1) is 28.2 Å². The Morgan fingerprint density at radius 3 is 2.17 bits per heavy atom. The highest BCUT2D eigenvalue weighted by atomic mass is 32.2. The lowest BCUT2D eigenvalue weighted by Crippen LogP contribution is -2.39. The van der Waals surface area contributed by atoms with Gasteiger partial charge in [-0.25, -0.2) is 13.1 Å². The number of rotatable bonds is 9. The van der Waals surface area contributed by atoms with E-state index in [1.807, 2.05) is 74.5 Å². The maximum Gasteiger partial charge on any atom is 0.252 e. The molecule has 220 valence electrons. The van der Waals surface area contributed by atoms with Crippen molar-refractivity contribution in [2.75, 3.05) is 0 Å². The van der Waals surface area contributed by atoms with Gasteiger partial charge in [-0.1, -0.05) is 106 Å². The normalized spacial score (nSPS) is 18.4. The van der Waals surface area contributed by atoms with Crippen molar-refractivity contribution < 1.29 is 13.2 Å². The van der Waals surface area contributed by atoms with Gasteiger partial charge >= 0.3 is 0 Å². The van der Waals surface area contributed by atoms with E-state index in [0.717, 1.165) is 46.5 Å². The molecule has 0 saturated heterocycles. The lowest BCUT2D eigenvalue weighted by Gasteiger charge is -2.29. The molecule has 4 aromatic rings. The Kier molecular flexibility index (Phi) is 8.81. The molecule has 0 radical (unpaired) electrons. The minimum atomic E-state index is -3.92. The van der Waals surface area contributed by atoms with Gasteiger partial charge < -0.3 is 0 Å². The maximum atomic E-state index is 14.7. The third-order valence-electron chi connectivity index (χ3n) is 8.70. The van der Waals surface area contributed by atoms with Gasteiger partial charge in [0.2, 0.25) is 10.0 Å². The van der Waals surface area contributed by atoms with Crippen molar-refractivity contribution in [3.05, 3.63) is 107 Å². The van der Waals surface area contributed by atoms with E-state index in [-0.39, 0.29) is 22.6 Å². The van der Waals surface area contributed by atoms with Gasteiger partial charge in [0.15, 0.2) is 0 Å². The fourth-order valence-electron chi connectivity index (χ4n) is 6.31. The first-order valence-electron chi connectivity index (χ1n) is 15.0. The minimum Gasteiger partial charge on any atom is -0.272 e. The first-order valence-corrected chi connectivity index (χ1v) is 16.5. The van der Waals surface area contributed by atoms with E-state index in [0.29, 0.717) is 12.3 Å². The van der Waals surface area contributed by atoms with Crippen LogP contribution in [-0.2, 0) is 10.0 Å². The molecule has 0 aliphatic heterocycles. The summed E-state index contributed by atoms with van der Waals surface area (Å²) in [6, 6.07) is 25.4. The first kappa shape index (κ1) is 29.9. The lowest BCUT2D eigenvalue weighted by atomic mass is 9.75. The summed E-state index contributed by atoms with van der Waals surface area (Å²) in [4.78, 5) is 14.9. The van der Waals surface area contributed by atoms with Crippen molar-refractivity contribution in [2.24, 2.45) is 11.8 Å². The molecular formula is C35H41N3O3S. The van der Waals surface area contributed by atoms with Crippen LogP contribution in [0.2, 0.25) is 0 Å². The Balaban J connectivity index is 1.64. The number of hydrogen-bond acceptors (Lipinski definition) is 4. The van der Waals surface area contributed by atoms with Gasteiger partial charge in [-0.15, -0.1) is 0 Å². The molecule has 4 atom stereocenters. The monoisotopic (exact) mass is 583 g/mol. The molecule has 0 spiro atoms. The summed E-state index contributed by atoms with van der Waals surface area (Å²) in [6.07, 6.45) is 2.50. The molecule has 1 N–H and O–H groups in total. The Hall–Kier alpha value is -3.55. The largest absolute Gasteiger partial charge is 0.272 e. The van der Waals surface area contributed by atoms with Crippen molar-refractivity contribution in [3.63, 3.8) is 0 Å². The number of aryl methyl sites for hydroxylation is 1. The molecule has 3 aromatic carbocycles. The maximum absolute atomic E-state index is 14.7. The third kappa shape index (κ3) is 5.86. The van der Waals surface area contributed by atoms with Gasteiger partial charge in [-0.3, -0.25) is 4.79 Å². The molecule has 42 heavy (non-hydrogen) atoms. The number of carbonyl (C=O) groups excluding carboxylic acids is 1. The van der Waals surface area contributed by atoms with Gasteiger partial charge in [0.25, 0.3) is 5.91 Å².